The lowest BCUT2D eigenvalue weighted by Gasteiger charge is -2.17. The molecule has 0 aromatic carbocycles. The maximum absolute atomic E-state index is 11.8. The molecule has 0 saturated heterocycles. The monoisotopic (exact) mass is 233 g/mol. The topological polar surface area (TPSA) is 83.6 Å². The quantitative estimate of drug-likeness (QED) is 0.829. The number of fused-ring (bicyclic) bond motifs is 1. The van der Waals surface area contributed by atoms with E-state index in [-0.39, 0.29) is 5.91 Å². The van der Waals surface area contributed by atoms with Gasteiger partial charge in [0.15, 0.2) is 0 Å². The fraction of sp³-hybridized carbons (Fsp3) is 0.636. The third-order valence-corrected chi connectivity index (χ3v) is 2.93. The Balaban J connectivity index is 2.18. The lowest BCUT2D eigenvalue weighted by Crippen LogP contribution is -2.30. The van der Waals surface area contributed by atoms with Crippen molar-refractivity contribution in [2.24, 2.45) is 5.41 Å². The molecule has 0 fully saturated rings. The Bertz CT molecular complexity index is 483. The Morgan fingerprint density at radius 2 is 2.24 bits per heavy atom. The van der Waals surface area contributed by atoms with Crippen LogP contribution in [-0.2, 0) is 17.8 Å². The number of hydrogen-bond acceptors (Lipinski definition) is 4. The zero-order chi connectivity index (χ0) is 12.5. The van der Waals surface area contributed by atoms with Crippen molar-refractivity contribution < 1.29 is 4.79 Å². The third-order valence-electron chi connectivity index (χ3n) is 2.93. The van der Waals surface area contributed by atoms with Gasteiger partial charge in [0.1, 0.15) is 11.2 Å². The van der Waals surface area contributed by atoms with Gasteiger partial charge in [-0.1, -0.05) is 0 Å². The van der Waals surface area contributed by atoms with E-state index >= 15 is 0 Å². The molecule has 1 aromatic heterocycles. The minimum Gasteiger partial charge on any atom is -0.297 e. The van der Waals surface area contributed by atoms with Crippen LogP contribution in [0.3, 0.4) is 0 Å². The summed E-state index contributed by atoms with van der Waals surface area (Å²) in [6, 6.07) is 1.96. The normalized spacial score (nSPS) is 14.9. The molecular formula is C11H15N5O. The molecule has 6 nitrogen and oxygen atoms in total. The number of nitrogens with one attached hydrogen (secondary N) is 1. The first kappa shape index (κ1) is 11.6. The van der Waals surface area contributed by atoms with Crippen LogP contribution in [0.4, 0.5) is 5.95 Å². The second kappa shape index (κ2) is 4.17. The molecule has 0 unspecified atom stereocenters. The summed E-state index contributed by atoms with van der Waals surface area (Å²) in [5, 5.41) is 19.5. The molecule has 17 heavy (non-hydrogen) atoms. The molecule has 90 valence electrons. The molecule has 0 saturated carbocycles. The summed E-state index contributed by atoms with van der Waals surface area (Å²) in [4.78, 5) is 11.8. The Kier molecular flexibility index (Phi) is 2.84. The molecule has 0 aliphatic carbocycles. The smallest absolute Gasteiger partial charge is 0.246 e. The van der Waals surface area contributed by atoms with Gasteiger partial charge in [-0.2, -0.15) is 5.26 Å². The number of amides is 1. The predicted molar refractivity (Wildman–Crippen MR) is 61.0 cm³/mol. The third kappa shape index (κ3) is 2.13. The Morgan fingerprint density at radius 3 is 2.94 bits per heavy atom. The molecule has 0 atom stereocenters. The maximum Gasteiger partial charge on any atom is 0.246 e. The summed E-state index contributed by atoms with van der Waals surface area (Å²) in [7, 11) is 0. The number of carbonyl (C=O) groups excluding carboxylic acids is 1. The van der Waals surface area contributed by atoms with Crippen molar-refractivity contribution >= 4 is 11.9 Å². The van der Waals surface area contributed by atoms with E-state index in [2.05, 4.69) is 15.5 Å². The zero-order valence-corrected chi connectivity index (χ0v) is 10.0. The minimum absolute atomic E-state index is 0.347. The summed E-state index contributed by atoms with van der Waals surface area (Å²) in [6.45, 7) is 3.98. The molecule has 1 amide bonds. The predicted octanol–water partition coefficient (Wildman–Crippen LogP) is 1.10. The van der Waals surface area contributed by atoms with Gasteiger partial charge in [-0.15, -0.1) is 10.2 Å². The number of aromatic nitrogens is 3. The van der Waals surface area contributed by atoms with Crippen LogP contribution in [0.2, 0.25) is 0 Å². The Labute approximate surface area is 99.6 Å². The van der Waals surface area contributed by atoms with Crippen molar-refractivity contribution in [2.45, 2.75) is 39.7 Å². The highest BCUT2D eigenvalue weighted by Crippen LogP contribution is 2.20. The van der Waals surface area contributed by atoms with E-state index in [0.29, 0.717) is 5.95 Å². The van der Waals surface area contributed by atoms with E-state index in [1.165, 1.54) is 0 Å². The van der Waals surface area contributed by atoms with Crippen molar-refractivity contribution in [3.63, 3.8) is 0 Å². The molecule has 0 bridgehead atoms. The van der Waals surface area contributed by atoms with Gasteiger partial charge in [0, 0.05) is 13.0 Å². The lowest BCUT2D eigenvalue weighted by molar-refractivity contribution is -0.121. The van der Waals surface area contributed by atoms with Crippen molar-refractivity contribution in [1.29, 1.82) is 5.26 Å². The van der Waals surface area contributed by atoms with E-state index in [9.17, 15) is 4.79 Å². The van der Waals surface area contributed by atoms with Gasteiger partial charge in [-0.3, -0.25) is 14.7 Å². The van der Waals surface area contributed by atoms with E-state index in [0.717, 1.165) is 31.6 Å². The summed E-state index contributed by atoms with van der Waals surface area (Å²) < 4.78 is 1.91. The van der Waals surface area contributed by atoms with E-state index in [1.807, 2.05) is 10.6 Å². The Hall–Kier alpha value is -1.90. The van der Waals surface area contributed by atoms with Gasteiger partial charge >= 0.3 is 0 Å². The van der Waals surface area contributed by atoms with Gasteiger partial charge < -0.3 is 0 Å². The number of rotatable bonds is 2. The highest BCUT2D eigenvalue weighted by molar-refractivity contribution is 5.95. The van der Waals surface area contributed by atoms with E-state index in [4.69, 9.17) is 5.26 Å². The molecule has 1 aromatic rings. The van der Waals surface area contributed by atoms with Crippen molar-refractivity contribution in [3.8, 4) is 6.07 Å². The highest BCUT2D eigenvalue weighted by Gasteiger charge is 2.29. The van der Waals surface area contributed by atoms with Crippen molar-refractivity contribution in [2.75, 3.05) is 5.32 Å². The van der Waals surface area contributed by atoms with Crippen molar-refractivity contribution in [3.05, 3.63) is 5.82 Å². The number of aryl methyl sites for hydroxylation is 1. The van der Waals surface area contributed by atoms with E-state index < -0.39 is 5.41 Å². The van der Waals surface area contributed by atoms with E-state index in [1.54, 1.807) is 13.8 Å². The van der Waals surface area contributed by atoms with Crippen LogP contribution in [0, 0.1) is 16.7 Å². The average Bonchev–Trinajstić information content (AvgIpc) is 2.73. The Morgan fingerprint density at radius 1 is 1.47 bits per heavy atom. The number of nitriles is 1. The summed E-state index contributed by atoms with van der Waals surface area (Å²) >= 11 is 0. The lowest BCUT2D eigenvalue weighted by atomic mass is 9.95. The molecule has 2 rings (SSSR count). The van der Waals surface area contributed by atoms with Crippen LogP contribution in [0.5, 0.6) is 0 Å². The van der Waals surface area contributed by atoms with Gasteiger partial charge in [0.05, 0.1) is 6.07 Å². The zero-order valence-electron chi connectivity index (χ0n) is 10.0. The molecular weight excluding hydrogens is 218 g/mol. The molecule has 2 heterocycles. The first-order chi connectivity index (χ1) is 8.04. The van der Waals surface area contributed by atoms with Gasteiger partial charge in [-0.05, 0) is 26.7 Å². The molecule has 1 aliphatic heterocycles. The van der Waals surface area contributed by atoms with Crippen LogP contribution in [0.1, 0.15) is 32.5 Å². The average molecular weight is 233 g/mol. The van der Waals surface area contributed by atoms with Crippen molar-refractivity contribution in [1.82, 2.24) is 14.8 Å². The summed E-state index contributed by atoms with van der Waals surface area (Å²) in [6.07, 6.45) is 3.07. The number of anilines is 1. The maximum atomic E-state index is 11.8. The molecule has 0 radical (unpaired) electrons. The van der Waals surface area contributed by atoms with Crippen LogP contribution < -0.4 is 5.32 Å². The van der Waals surface area contributed by atoms with Crippen LogP contribution in [0.15, 0.2) is 0 Å². The molecule has 1 aliphatic rings. The second-order valence-electron chi connectivity index (χ2n) is 4.74. The fourth-order valence-electron chi connectivity index (χ4n) is 1.71. The summed E-state index contributed by atoms with van der Waals surface area (Å²) in [5.41, 5.74) is -1.05. The SMILES string of the molecule is CC(C)(C#N)C(=O)Nc1nnc2n1CCCC2. The number of carbonyl (C=O) groups is 1. The molecule has 1 N–H and O–H groups in total. The molecule has 0 spiro atoms. The van der Waals surface area contributed by atoms with Crippen LogP contribution >= 0.6 is 0 Å². The van der Waals surface area contributed by atoms with Gasteiger partial charge in [-0.25, -0.2) is 0 Å². The summed E-state index contributed by atoms with van der Waals surface area (Å²) in [5.74, 6) is 1.01. The van der Waals surface area contributed by atoms with Crippen LogP contribution in [0.25, 0.3) is 0 Å². The fourth-order valence-corrected chi connectivity index (χ4v) is 1.71. The second-order valence-corrected chi connectivity index (χ2v) is 4.74. The number of hydrogen-bond donors (Lipinski definition) is 1. The first-order valence-electron chi connectivity index (χ1n) is 5.69. The first-order valence-corrected chi connectivity index (χ1v) is 5.69. The largest absolute Gasteiger partial charge is 0.297 e. The standard InChI is InChI=1S/C11H15N5O/c1-11(2,7-12)9(17)13-10-15-14-8-5-3-4-6-16(8)10/h3-6H2,1-2H3,(H,13,15,17). The van der Waals surface area contributed by atoms with Gasteiger partial charge in [0.25, 0.3) is 0 Å². The van der Waals surface area contributed by atoms with Crippen LogP contribution in [-0.4, -0.2) is 20.7 Å². The minimum atomic E-state index is -1.05. The number of nitrogens with zero attached hydrogens (tertiary/aromatic N) is 4. The van der Waals surface area contributed by atoms with Gasteiger partial charge in [0.2, 0.25) is 11.9 Å². The molecule has 6 heteroatoms. The highest BCUT2D eigenvalue weighted by atomic mass is 16.2.